The third kappa shape index (κ3) is 3.48. The van der Waals surface area contributed by atoms with E-state index in [9.17, 15) is 4.79 Å². The third-order valence-electron chi connectivity index (χ3n) is 2.95. The zero-order valence-electron chi connectivity index (χ0n) is 11.7. The lowest BCUT2D eigenvalue weighted by atomic mass is 10.2. The van der Waals surface area contributed by atoms with Crippen molar-refractivity contribution in [3.05, 3.63) is 46.0 Å². The van der Waals surface area contributed by atoms with Crippen LogP contribution in [0, 0.1) is 6.92 Å². The number of nitrogens with one attached hydrogen (secondary N) is 1. The summed E-state index contributed by atoms with van der Waals surface area (Å²) in [6.45, 7) is 2.01. The number of nitrogens with zero attached hydrogens (tertiary/aromatic N) is 2. The highest BCUT2D eigenvalue weighted by molar-refractivity contribution is 9.10. The molecule has 0 aliphatic heterocycles. The van der Waals surface area contributed by atoms with Crippen molar-refractivity contribution >= 4 is 60.8 Å². The first-order chi connectivity index (χ1) is 10.6. The monoisotopic (exact) mass is 393 g/mol. The van der Waals surface area contributed by atoms with Gasteiger partial charge in [0, 0.05) is 4.47 Å². The number of anilines is 1. The van der Waals surface area contributed by atoms with Gasteiger partial charge in [-0.15, -0.1) is 11.3 Å². The van der Waals surface area contributed by atoms with E-state index in [4.69, 9.17) is 0 Å². The van der Waals surface area contributed by atoms with Gasteiger partial charge in [0.25, 0.3) is 0 Å². The predicted molar refractivity (Wildman–Crippen MR) is 95.6 cm³/mol. The fraction of sp³-hybridized carbons (Fsp3) is 0.133. The van der Waals surface area contributed by atoms with Gasteiger partial charge in [-0.3, -0.25) is 4.79 Å². The van der Waals surface area contributed by atoms with Crippen LogP contribution in [0.15, 0.2) is 45.5 Å². The van der Waals surface area contributed by atoms with Crippen molar-refractivity contribution in [1.82, 2.24) is 9.97 Å². The Kier molecular flexibility index (Phi) is 4.75. The molecule has 22 heavy (non-hydrogen) atoms. The minimum atomic E-state index is -0.0575. The summed E-state index contributed by atoms with van der Waals surface area (Å²) in [7, 11) is 0. The molecule has 1 aromatic carbocycles. The van der Waals surface area contributed by atoms with Crippen molar-refractivity contribution < 1.29 is 4.79 Å². The molecule has 0 aliphatic rings. The number of fused-ring (bicyclic) bond motifs is 1. The SMILES string of the molecule is Cc1ccc(NC(=O)CSc2ncnc3ccsc23)c(Br)c1. The molecule has 3 rings (SSSR count). The van der Waals surface area contributed by atoms with E-state index in [-0.39, 0.29) is 5.91 Å². The number of amides is 1. The molecule has 1 N–H and O–H groups in total. The van der Waals surface area contributed by atoms with E-state index in [1.807, 2.05) is 36.6 Å². The molecule has 0 saturated heterocycles. The second-order valence-corrected chi connectivity index (χ2v) is 7.37. The van der Waals surface area contributed by atoms with Gasteiger partial charge in [0.2, 0.25) is 5.91 Å². The number of aryl methyl sites for hydroxylation is 1. The van der Waals surface area contributed by atoms with Gasteiger partial charge in [0.05, 0.1) is 21.7 Å². The van der Waals surface area contributed by atoms with Gasteiger partial charge in [0.1, 0.15) is 11.4 Å². The van der Waals surface area contributed by atoms with Crippen molar-refractivity contribution in [2.75, 3.05) is 11.1 Å². The summed E-state index contributed by atoms with van der Waals surface area (Å²) < 4.78 is 1.91. The van der Waals surface area contributed by atoms with Gasteiger partial charge in [-0.1, -0.05) is 17.8 Å². The number of rotatable bonds is 4. The van der Waals surface area contributed by atoms with Crippen molar-refractivity contribution in [3.63, 3.8) is 0 Å². The normalized spacial score (nSPS) is 10.8. The largest absolute Gasteiger partial charge is 0.324 e. The summed E-state index contributed by atoms with van der Waals surface area (Å²) in [6, 6.07) is 7.79. The zero-order chi connectivity index (χ0) is 15.5. The number of hydrogen-bond donors (Lipinski definition) is 1. The molecule has 3 aromatic rings. The van der Waals surface area contributed by atoms with E-state index in [0.29, 0.717) is 5.75 Å². The molecule has 4 nitrogen and oxygen atoms in total. The summed E-state index contributed by atoms with van der Waals surface area (Å²) in [5.74, 6) is 0.252. The quantitative estimate of drug-likeness (QED) is 0.523. The molecule has 0 radical (unpaired) electrons. The number of carbonyl (C=O) groups is 1. The van der Waals surface area contributed by atoms with E-state index in [1.165, 1.54) is 18.1 Å². The molecule has 2 aromatic heterocycles. The molecule has 7 heteroatoms. The number of thiophene rings is 1. The fourth-order valence-corrected chi connectivity index (χ4v) is 4.25. The molecule has 0 fully saturated rings. The Hall–Kier alpha value is -1.44. The zero-order valence-corrected chi connectivity index (χ0v) is 14.9. The van der Waals surface area contributed by atoms with Gasteiger partial charge in [-0.2, -0.15) is 0 Å². The smallest absolute Gasteiger partial charge is 0.234 e. The summed E-state index contributed by atoms with van der Waals surface area (Å²) in [5, 5.41) is 5.73. The highest BCUT2D eigenvalue weighted by atomic mass is 79.9. The number of carbonyl (C=O) groups excluding carboxylic acids is 1. The first kappa shape index (κ1) is 15.5. The summed E-state index contributed by atoms with van der Waals surface area (Å²) in [6.07, 6.45) is 1.53. The lowest BCUT2D eigenvalue weighted by Gasteiger charge is -2.08. The first-order valence-corrected chi connectivity index (χ1v) is 9.16. The van der Waals surface area contributed by atoms with E-state index < -0.39 is 0 Å². The topological polar surface area (TPSA) is 54.9 Å². The second kappa shape index (κ2) is 6.76. The van der Waals surface area contributed by atoms with Crippen LogP contribution < -0.4 is 5.32 Å². The predicted octanol–water partition coefficient (Wildman–Crippen LogP) is 4.49. The minimum Gasteiger partial charge on any atom is -0.324 e. The van der Waals surface area contributed by atoms with Gasteiger partial charge in [0.15, 0.2) is 0 Å². The number of aromatic nitrogens is 2. The van der Waals surface area contributed by atoms with E-state index in [1.54, 1.807) is 11.3 Å². The number of benzene rings is 1. The first-order valence-electron chi connectivity index (χ1n) is 6.50. The van der Waals surface area contributed by atoms with Crippen molar-refractivity contribution in [1.29, 1.82) is 0 Å². The van der Waals surface area contributed by atoms with Crippen LogP contribution >= 0.6 is 39.0 Å². The average molecular weight is 394 g/mol. The summed E-state index contributed by atoms with van der Waals surface area (Å²) >= 11 is 6.47. The molecule has 0 bridgehead atoms. The van der Waals surface area contributed by atoms with Crippen LogP contribution in [0.4, 0.5) is 5.69 Å². The Morgan fingerprint density at radius 2 is 2.23 bits per heavy atom. The van der Waals surface area contributed by atoms with Crippen LogP contribution in [0.1, 0.15) is 5.56 Å². The minimum absolute atomic E-state index is 0.0575. The average Bonchev–Trinajstić information content (AvgIpc) is 2.97. The van der Waals surface area contributed by atoms with Gasteiger partial charge in [-0.05, 0) is 52.0 Å². The fourth-order valence-electron chi connectivity index (χ4n) is 1.91. The van der Waals surface area contributed by atoms with Crippen LogP contribution in [0.25, 0.3) is 10.2 Å². The maximum atomic E-state index is 12.1. The Bertz CT molecular complexity index is 835. The molecule has 1 amide bonds. The summed E-state index contributed by atoms with van der Waals surface area (Å²) in [4.78, 5) is 20.6. The second-order valence-electron chi connectivity index (χ2n) is 4.63. The van der Waals surface area contributed by atoms with Crippen molar-refractivity contribution in [2.24, 2.45) is 0 Å². The number of thioether (sulfide) groups is 1. The maximum Gasteiger partial charge on any atom is 0.234 e. The van der Waals surface area contributed by atoms with E-state index in [0.717, 1.165) is 31.0 Å². The van der Waals surface area contributed by atoms with Crippen LogP contribution in [-0.2, 0) is 4.79 Å². The van der Waals surface area contributed by atoms with Gasteiger partial charge < -0.3 is 5.32 Å². The number of hydrogen-bond acceptors (Lipinski definition) is 5. The highest BCUT2D eigenvalue weighted by Gasteiger charge is 2.10. The van der Waals surface area contributed by atoms with Crippen molar-refractivity contribution in [3.8, 4) is 0 Å². The molecule has 0 unspecified atom stereocenters. The van der Waals surface area contributed by atoms with Crippen LogP contribution in [-0.4, -0.2) is 21.6 Å². The Morgan fingerprint density at radius 1 is 1.36 bits per heavy atom. The Morgan fingerprint density at radius 3 is 3.05 bits per heavy atom. The molecular weight excluding hydrogens is 382 g/mol. The molecule has 0 spiro atoms. The maximum absolute atomic E-state index is 12.1. The van der Waals surface area contributed by atoms with E-state index >= 15 is 0 Å². The standard InChI is InChI=1S/C15H12BrN3OS2/c1-9-2-3-11(10(16)6-9)19-13(20)7-22-15-14-12(4-5-21-14)17-8-18-15/h2-6,8H,7H2,1H3,(H,19,20). The van der Waals surface area contributed by atoms with Crippen LogP contribution in [0.2, 0.25) is 0 Å². The molecule has 0 saturated carbocycles. The van der Waals surface area contributed by atoms with Crippen molar-refractivity contribution in [2.45, 2.75) is 11.9 Å². The van der Waals surface area contributed by atoms with E-state index in [2.05, 4.69) is 31.2 Å². The van der Waals surface area contributed by atoms with Gasteiger partial charge in [-0.25, -0.2) is 9.97 Å². The Labute approximate surface area is 144 Å². The lowest BCUT2D eigenvalue weighted by molar-refractivity contribution is -0.113. The molecular formula is C15H12BrN3OS2. The summed E-state index contributed by atoms with van der Waals surface area (Å²) in [5.41, 5.74) is 2.84. The highest BCUT2D eigenvalue weighted by Crippen LogP contribution is 2.29. The molecule has 0 aliphatic carbocycles. The molecule has 0 atom stereocenters. The third-order valence-corrected chi connectivity index (χ3v) is 5.63. The molecule has 2 heterocycles. The Balaban J connectivity index is 1.66. The molecule has 112 valence electrons. The van der Waals surface area contributed by atoms with Crippen LogP contribution in [0.3, 0.4) is 0 Å². The van der Waals surface area contributed by atoms with Gasteiger partial charge >= 0.3 is 0 Å². The van der Waals surface area contributed by atoms with Crippen LogP contribution in [0.5, 0.6) is 0 Å². The lowest BCUT2D eigenvalue weighted by Crippen LogP contribution is -2.14. The number of halogens is 1.